The molecule has 1 aromatic heterocycles. The molecule has 10 aromatic carbocycles. The number of rotatable bonds is 7. The lowest BCUT2D eigenvalue weighted by molar-refractivity contribution is 0.669. The van der Waals surface area contributed by atoms with Crippen LogP contribution < -0.4 is 4.90 Å². The van der Waals surface area contributed by atoms with Crippen LogP contribution in [0, 0.1) is 0 Å². The van der Waals surface area contributed by atoms with E-state index in [4.69, 9.17) is 4.42 Å². The number of furan rings is 1. The third-order valence-electron chi connectivity index (χ3n) is 11.4. The molecular weight excluding hydrogens is 703 g/mol. The second kappa shape index (κ2) is 14.1. The van der Waals surface area contributed by atoms with Gasteiger partial charge in [-0.25, -0.2) is 0 Å². The number of hydrogen-bond acceptors (Lipinski definition) is 2. The molecule has 11 rings (SSSR count). The lowest BCUT2D eigenvalue weighted by atomic mass is 9.85. The molecule has 0 aliphatic carbocycles. The van der Waals surface area contributed by atoms with Gasteiger partial charge < -0.3 is 9.32 Å². The van der Waals surface area contributed by atoms with Crippen molar-refractivity contribution in [2.24, 2.45) is 0 Å². The zero-order chi connectivity index (χ0) is 38.4. The van der Waals surface area contributed by atoms with Gasteiger partial charge in [-0.1, -0.05) is 176 Å². The van der Waals surface area contributed by atoms with Crippen molar-refractivity contribution >= 4 is 60.5 Å². The first kappa shape index (κ1) is 33.6. The standard InChI is InChI=1S/C56H37NO/c1-4-16-38(17-5-1)42-22-14-23-44(36-42)57(43-32-30-39(31-33-43)46-27-15-29-53-56(46)50-26-12-13-28-52(50)58-53)45-34-35-48-47-24-10-11-25-49(47)54(40-18-6-2-7-19-40)55(51(48)37-45)41-20-8-3-9-21-41/h1-37H. The zero-order valence-electron chi connectivity index (χ0n) is 31.7. The van der Waals surface area contributed by atoms with Gasteiger partial charge >= 0.3 is 0 Å². The van der Waals surface area contributed by atoms with Crippen LogP contribution in [0.25, 0.3) is 88.0 Å². The summed E-state index contributed by atoms with van der Waals surface area (Å²) in [7, 11) is 0. The molecule has 0 unspecified atom stereocenters. The molecule has 0 spiro atoms. The van der Waals surface area contributed by atoms with Gasteiger partial charge in [0.2, 0.25) is 0 Å². The Kier molecular flexibility index (Phi) is 8.19. The first-order valence-electron chi connectivity index (χ1n) is 19.8. The number of benzene rings is 10. The summed E-state index contributed by atoms with van der Waals surface area (Å²) in [6.45, 7) is 0. The normalized spacial score (nSPS) is 11.4. The molecule has 1 heterocycles. The lowest BCUT2D eigenvalue weighted by Gasteiger charge is -2.27. The summed E-state index contributed by atoms with van der Waals surface area (Å²) < 4.78 is 6.27. The van der Waals surface area contributed by atoms with Crippen LogP contribution in [0.4, 0.5) is 17.1 Å². The van der Waals surface area contributed by atoms with Crippen molar-refractivity contribution in [3.8, 4) is 44.5 Å². The number of fused-ring (bicyclic) bond motifs is 6. The van der Waals surface area contributed by atoms with Crippen LogP contribution in [-0.2, 0) is 0 Å². The topological polar surface area (TPSA) is 16.4 Å². The predicted octanol–water partition coefficient (Wildman–Crippen LogP) is 16.0. The van der Waals surface area contributed by atoms with E-state index >= 15 is 0 Å². The molecule has 0 aliphatic heterocycles. The number of nitrogens with zero attached hydrogens (tertiary/aromatic N) is 1. The van der Waals surface area contributed by atoms with Gasteiger partial charge in [-0.15, -0.1) is 0 Å². The summed E-state index contributed by atoms with van der Waals surface area (Å²) in [6, 6.07) is 80.7. The van der Waals surface area contributed by atoms with Crippen molar-refractivity contribution in [1.82, 2.24) is 0 Å². The number of hydrogen-bond donors (Lipinski definition) is 0. The van der Waals surface area contributed by atoms with Crippen molar-refractivity contribution in [2.75, 3.05) is 4.90 Å². The van der Waals surface area contributed by atoms with Crippen molar-refractivity contribution in [3.63, 3.8) is 0 Å². The SMILES string of the molecule is c1ccc(-c2cccc(N(c3ccc(-c4cccc5oc6ccccc6c45)cc3)c3ccc4c(c3)c(-c3ccccc3)c(-c3ccccc3)c3ccccc34)c2)cc1. The molecule has 0 aliphatic rings. The van der Waals surface area contributed by atoms with Crippen LogP contribution in [0.2, 0.25) is 0 Å². The Bertz CT molecular complexity index is 3260. The summed E-state index contributed by atoms with van der Waals surface area (Å²) in [5, 5.41) is 7.20. The van der Waals surface area contributed by atoms with E-state index in [1.165, 1.54) is 54.9 Å². The molecule has 0 saturated heterocycles. The summed E-state index contributed by atoms with van der Waals surface area (Å²) in [6.07, 6.45) is 0. The van der Waals surface area contributed by atoms with Crippen LogP contribution in [0.5, 0.6) is 0 Å². The third-order valence-corrected chi connectivity index (χ3v) is 11.4. The molecule has 58 heavy (non-hydrogen) atoms. The average molecular weight is 740 g/mol. The molecule has 0 fully saturated rings. The van der Waals surface area contributed by atoms with Crippen molar-refractivity contribution in [3.05, 3.63) is 224 Å². The Balaban J connectivity index is 1.15. The first-order valence-corrected chi connectivity index (χ1v) is 19.8. The quantitative estimate of drug-likeness (QED) is 0.151. The van der Waals surface area contributed by atoms with Crippen molar-refractivity contribution in [2.45, 2.75) is 0 Å². The Morgan fingerprint density at radius 3 is 1.52 bits per heavy atom. The van der Waals surface area contributed by atoms with Gasteiger partial charge in [0, 0.05) is 27.8 Å². The fraction of sp³-hybridized carbons (Fsp3) is 0. The monoisotopic (exact) mass is 739 g/mol. The number of anilines is 3. The maximum atomic E-state index is 6.27. The van der Waals surface area contributed by atoms with Gasteiger partial charge in [0.15, 0.2) is 0 Å². The molecule has 0 saturated carbocycles. The summed E-state index contributed by atoms with van der Waals surface area (Å²) in [5.74, 6) is 0. The molecule has 0 amide bonds. The second-order valence-electron chi connectivity index (χ2n) is 14.8. The highest BCUT2D eigenvalue weighted by Gasteiger charge is 2.21. The largest absolute Gasteiger partial charge is 0.456 e. The molecule has 11 aromatic rings. The third kappa shape index (κ3) is 5.74. The fourth-order valence-electron chi connectivity index (χ4n) is 8.84. The summed E-state index contributed by atoms with van der Waals surface area (Å²) in [4.78, 5) is 2.40. The van der Waals surface area contributed by atoms with Gasteiger partial charge in [-0.3, -0.25) is 0 Å². The van der Waals surface area contributed by atoms with E-state index in [0.717, 1.165) is 50.1 Å². The molecular formula is C56H37NO. The molecule has 0 bridgehead atoms. The highest BCUT2D eigenvalue weighted by Crippen LogP contribution is 2.47. The van der Waals surface area contributed by atoms with E-state index in [-0.39, 0.29) is 0 Å². The minimum Gasteiger partial charge on any atom is -0.456 e. The van der Waals surface area contributed by atoms with Crippen molar-refractivity contribution < 1.29 is 4.42 Å². The van der Waals surface area contributed by atoms with Crippen LogP contribution in [0.3, 0.4) is 0 Å². The van der Waals surface area contributed by atoms with Crippen LogP contribution >= 0.6 is 0 Å². The molecule has 0 radical (unpaired) electrons. The summed E-state index contributed by atoms with van der Waals surface area (Å²) in [5.41, 5.74) is 14.6. The Morgan fingerprint density at radius 1 is 0.276 bits per heavy atom. The minimum atomic E-state index is 0.898. The van der Waals surface area contributed by atoms with E-state index in [2.05, 4.69) is 217 Å². The average Bonchev–Trinajstić information content (AvgIpc) is 3.69. The Morgan fingerprint density at radius 2 is 0.793 bits per heavy atom. The van der Waals surface area contributed by atoms with Crippen LogP contribution in [0.15, 0.2) is 229 Å². The van der Waals surface area contributed by atoms with Gasteiger partial charge in [0.25, 0.3) is 0 Å². The summed E-state index contributed by atoms with van der Waals surface area (Å²) >= 11 is 0. The van der Waals surface area contributed by atoms with E-state index < -0.39 is 0 Å². The minimum absolute atomic E-state index is 0.898. The van der Waals surface area contributed by atoms with Gasteiger partial charge in [0.05, 0.1) is 0 Å². The van der Waals surface area contributed by atoms with Crippen LogP contribution in [0.1, 0.15) is 0 Å². The van der Waals surface area contributed by atoms with Gasteiger partial charge in [0.1, 0.15) is 11.2 Å². The van der Waals surface area contributed by atoms with E-state index in [9.17, 15) is 0 Å². The fourth-order valence-corrected chi connectivity index (χ4v) is 8.84. The Hall–Kier alpha value is -7.68. The lowest BCUT2D eigenvalue weighted by Crippen LogP contribution is -2.10. The molecule has 0 atom stereocenters. The highest BCUT2D eigenvalue weighted by molar-refractivity contribution is 6.22. The maximum absolute atomic E-state index is 6.27. The van der Waals surface area contributed by atoms with E-state index in [1.54, 1.807) is 0 Å². The van der Waals surface area contributed by atoms with Crippen LogP contribution in [-0.4, -0.2) is 0 Å². The zero-order valence-corrected chi connectivity index (χ0v) is 31.7. The predicted molar refractivity (Wildman–Crippen MR) is 245 cm³/mol. The molecule has 0 N–H and O–H groups in total. The molecule has 2 heteroatoms. The van der Waals surface area contributed by atoms with Gasteiger partial charge in [-0.05, 0) is 115 Å². The maximum Gasteiger partial charge on any atom is 0.136 e. The first-order chi connectivity index (χ1) is 28.8. The highest BCUT2D eigenvalue weighted by atomic mass is 16.3. The van der Waals surface area contributed by atoms with E-state index in [1.807, 2.05) is 12.1 Å². The van der Waals surface area contributed by atoms with Gasteiger partial charge in [-0.2, -0.15) is 0 Å². The van der Waals surface area contributed by atoms with Crippen molar-refractivity contribution in [1.29, 1.82) is 0 Å². The smallest absolute Gasteiger partial charge is 0.136 e. The van der Waals surface area contributed by atoms with E-state index in [0.29, 0.717) is 0 Å². The molecule has 272 valence electrons. The second-order valence-corrected chi connectivity index (χ2v) is 14.8. The molecule has 2 nitrogen and oxygen atoms in total. The Labute approximate surface area is 337 Å². The number of para-hydroxylation sites is 1.